The van der Waals surface area contributed by atoms with Crippen LogP contribution in [0.3, 0.4) is 0 Å². The third kappa shape index (κ3) is 3.15. The Kier molecular flexibility index (Phi) is 3.99. The maximum atomic E-state index is 9.31. The maximum Gasteiger partial charge on any atom is 0.128 e. The van der Waals surface area contributed by atoms with Gasteiger partial charge in [-0.1, -0.05) is 6.07 Å². The summed E-state index contributed by atoms with van der Waals surface area (Å²) in [6, 6.07) is 6.20. The van der Waals surface area contributed by atoms with Crippen LogP contribution in [0.1, 0.15) is 12.5 Å². The molecule has 0 aliphatic heterocycles. The van der Waals surface area contributed by atoms with E-state index in [-0.39, 0.29) is 0 Å². The van der Waals surface area contributed by atoms with Gasteiger partial charge in [-0.15, -0.1) is 0 Å². The average molecular weight is 291 g/mol. The summed E-state index contributed by atoms with van der Waals surface area (Å²) in [6.07, 6.45) is 0.993. The Balaban J connectivity index is 2.73. The summed E-state index contributed by atoms with van der Waals surface area (Å²) >= 11 is 2.14. The number of hydrogen-bond acceptors (Lipinski definition) is 2. The molecular weight excluding hydrogens is 277 g/mol. The summed E-state index contributed by atoms with van der Waals surface area (Å²) in [4.78, 5) is 0. The van der Waals surface area contributed by atoms with E-state index < -0.39 is 0 Å². The second-order valence-electron chi connectivity index (χ2n) is 3.18. The maximum absolute atomic E-state index is 9.31. The Hall–Kier alpha value is -0.290. The van der Waals surface area contributed by atoms with Gasteiger partial charge in [0.1, 0.15) is 5.75 Å². The van der Waals surface area contributed by atoms with E-state index in [2.05, 4.69) is 34.8 Å². The van der Waals surface area contributed by atoms with Gasteiger partial charge < -0.3 is 10.4 Å². The summed E-state index contributed by atoms with van der Waals surface area (Å²) in [5.74, 6) is 0.362. The Morgan fingerprint density at radius 1 is 1.54 bits per heavy atom. The molecule has 0 amide bonds. The SMILES string of the molecule is CNC(C)Cc1ccc(O)c(I)c1. The fraction of sp³-hybridized carbons (Fsp3) is 0.400. The number of benzene rings is 1. The highest BCUT2D eigenvalue weighted by molar-refractivity contribution is 14.1. The molecule has 0 heterocycles. The average Bonchev–Trinajstić information content (AvgIpc) is 2.11. The van der Waals surface area contributed by atoms with Crippen LogP contribution >= 0.6 is 22.6 Å². The van der Waals surface area contributed by atoms with Crippen LogP contribution < -0.4 is 5.32 Å². The third-order valence-corrected chi connectivity index (χ3v) is 2.91. The van der Waals surface area contributed by atoms with E-state index in [4.69, 9.17) is 0 Å². The lowest BCUT2D eigenvalue weighted by Gasteiger charge is -2.10. The predicted octanol–water partition coefficient (Wildman–Crippen LogP) is 2.15. The zero-order chi connectivity index (χ0) is 9.84. The standard InChI is InChI=1S/C10H14INO/c1-7(12-2)5-8-3-4-10(13)9(11)6-8/h3-4,6-7,12-13H,5H2,1-2H3. The second-order valence-corrected chi connectivity index (χ2v) is 4.34. The van der Waals surface area contributed by atoms with E-state index in [1.54, 1.807) is 6.07 Å². The molecule has 1 rings (SSSR count). The minimum atomic E-state index is 0.362. The molecule has 0 saturated carbocycles. The molecule has 0 aliphatic carbocycles. The predicted molar refractivity (Wildman–Crippen MR) is 63.0 cm³/mol. The first-order valence-electron chi connectivity index (χ1n) is 4.28. The number of phenols is 1. The van der Waals surface area contributed by atoms with Gasteiger partial charge in [-0.05, 0) is 60.7 Å². The van der Waals surface area contributed by atoms with E-state index >= 15 is 0 Å². The molecule has 2 nitrogen and oxygen atoms in total. The topological polar surface area (TPSA) is 32.3 Å². The van der Waals surface area contributed by atoms with Gasteiger partial charge in [0, 0.05) is 6.04 Å². The van der Waals surface area contributed by atoms with Crippen molar-refractivity contribution in [3.8, 4) is 5.75 Å². The Morgan fingerprint density at radius 3 is 2.77 bits per heavy atom. The van der Waals surface area contributed by atoms with Gasteiger partial charge in [0.05, 0.1) is 3.57 Å². The molecule has 0 spiro atoms. The molecule has 0 bridgehead atoms. The number of nitrogens with one attached hydrogen (secondary N) is 1. The van der Waals surface area contributed by atoms with Crippen LogP contribution in [0.5, 0.6) is 5.75 Å². The first-order valence-corrected chi connectivity index (χ1v) is 5.36. The molecule has 1 aromatic rings. The molecule has 72 valence electrons. The first-order chi connectivity index (χ1) is 6.13. The van der Waals surface area contributed by atoms with Crippen molar-refractivity contribution >= 4 is 22.6 Å². The number of rotatable bonds is 3. The molecule has 0 aliphatic rings. The number of hydrogen-bond donors (Lipinski definition) is 2. The zero-order valence-electron chi connectivity index (χ0n) is 7.84. The molecule has 2 N–H and O–H groups in total. The van der Waals surface area contributed by atoms with Crippen molar-refractivity contribution in [2.75, 3.05) is 7.05 Å². The van der Waals surface area contributed by atoms with Crippen LogP contribution in [0.15, 0.2) is 18.2 Å². The highest BCUT2D eigenvalue weighted by atomic mass is 127. The van der Waals surface area contributed by atoms with Crippen molar-refractivity contribution in [1.29, 1.82) is 0 Å². The Morgan fingerprint density at radius 2 is 2.23 bits per heavy atom. The summed E-state index contributed by atoms with van der Waals surface area (Å²) in [6.45, 7) is 2.14. The van der Waals surface area contributed by atoms with Crippen molar-refractivity contribution in [3.05, 3.63) is 27.3 Å². The molecule has 0 fully saturated rings. The monoisotopic (exact) mass is 291 g/mol. The van der Waals surface area contributed by atoms with Gasteiger partial charge in [0.15, 0.2) is 0 Å². The molecule has 1 unspecified atom stereocenters. The number of phenolic OH excluding ortho intramolecular Hbond substituents is 1. The molecule has 1 atom stereocenters. The highest BCUT2D eigenvalue weighted by Gasteiger charge is 2.03. The molecular formula is C10H14INO. The number of likely N-dealkylation sites (N-methyl/N-ethyl adjacent to an activating group) is 1. The van der Waals surface area contributed by atoms with Gasteiger partial charge in [-0.3, -0.25) is 0 Å². The lowest BCUT2D eigenvalue weighted by Crippen LogP contribution is -2.23. The summed E-state index contributed by atoms with van der Waals surface area (Å²) in [5.41, 5.74) is 1.25. The fourth-order valence-electron chi connectivity index (χ4n) is 1.13. The van der Waals surface area contributed by atoms with Crippen LogP contribution in [-0.4, -0.2) is 18.2 Å². The lowest BCUT2D eigenvalue weighted by molar-refractivity contribution is 0.471. The molecule has 1 aromatic carbocycles. The van der Waals surface area contributed by atoms with Crippen molar-refractivity contribution in [2.45, 2.75) is 19.4 Å². The largest absolute Gasteiger partial charge is 0.507 e. The first kappa shape index (κ1) is 10.8. The highest BCUT2D eigenvalue weighted by Crippen LogP contribution is 2.20. The van der Waals surface area contributed by atoms with Crippen LogP contribution in [0, 0.1) is 3.57 Å². The fourth-order valence-corrected chi connectivity index (χ4v) is 1.71. The zero-order valence-corrected chi connectivity index (χ0v) is 10.00. The number of aromatic hydroxyl groups is 1. The Bertz CT molecular complexity index is 288. The van der Waals surface area contributed by atoms with E-state index in [9.17, 15) is 5.11 Å². The van der Waals surface area contributed by atoms with E-state index in [1.807, 2.05) is 19.2 Å². The molecule has 3 heteroatoms. The van der Waals surface area contributed by atoms with Crippen LogP contribution in [0.4, 0.5) is 0 Å². The summed E-state index contributed by atoms with van der Waals surface area (Å²) in [7, 11) is 1.95. The number of halogens is 1. The molecule has 0 radical (unpaired) electrons. The van der Waals surface area contributed by atoms with Gasteiger partial charge >= 0.3 is 0 Å². The van der Waals surface area contributed by atoms with Crippen LogP contribution in [-0.2, 0) is 6.42 Å². The quantitative estimate of drug-likeness (QED) is 0.836. The normalized spacial score (nSPS) is 12.8. The molecule has 0 aromatic heterocycles. The summed E-state index contributed by atoms with van der Waals surface area (Å²) in [5, 5.41) is 12.5. The second kappa shape index (κ2) is 4.81. The van der Waals surface area contributed by atoms with Crippen molar-refractivity contribution in [1.82, 2.24) is 5.32 Å². The van der Waals surface area contributed by atoms with E-state index in [0.29, 0.717) is 11.8 Å². The van der Waals surface area contributed by atoms with Crippen LogP contribution in [0.2, 0.25) is 0 Å². The van der Waals surface area contributed by atoms with Gasteiger partial charge in [-0.25, -0.2) is 0 Å². The molecule has 0 saturated heterocycles. The van der Waals surface area contributed by atoms with E-state index in [1.165, 1.54) is 5.56 Å². The minimum absolute atomic E-state index is 0.362. The molecule has 13 heavy (non-hydrogen) atoms. The van der Waals surface area contributed by atoms with E-state index in [0.717, 1.165) is 9.99 Å². The minimum Gasteiger partial charge on any atom is -0.507 e. The van der Waals surface area contributed by atoms with Gasteiger partial charge in [0.25, 0.3) is 0 Å². The van der Waals surface area contributed by atoms with Crippen molar-refractivity contribution in [3.63, 3.8) is 0 Å². The van der Waals surface area contributed by atoms with Crippen LogP contribution in [0.25, 0.3) is 0 Å². The van der Waals surface area contributed by atoms with Gasteiger partial charge in [-0.2, -0.15) is 0 Å². The van der Waals surface area contributed by atoms with Crippen molar-refractivity contribution in [2.24, 2.45) is 0 Å². The Labute approximate surface area is 92.5 Å². The lowest BCUT2D eigenvalue weighted by atomic mass is 10.1. The smallest absolute Gasteiger partial charge is 0.128 e. The van der Waals surface area contributed by atoms with Crippen molar-refractivity contribution < 1.29 is 5.11 Å². The summed E-state index contributed by atoms with van der Waals surface area (Å²) < 4.78 is 0.915. The van der Waals surface area contributed by atoms with Gasteiger partial charge in [0.2, 0.25) is 0 Å². The third-order valence-electron chi connectivity index (χ3n) is 2.05.